The fourth-order valence-corrected chi connectivity index (χ4v) is 7.72. The summed E-state index contributed by atoms with van der Waals surface area (Å²) in [6.45, 7) is 9.42. The van der Waals surface area contributed by atoms with Crippen LogP contribution in [0.3, 0.4) is 0 Å². The number of hydrogen-bond acceptors (Lipinski definition) is 1. The average molecular weight is 198 g/mol. The van der Waals surface area contributed by atoms with Gasteiger partial charge in [0.2, 0.25) is 0 Å². The largest absolute Gasteiger partial charge is 0.412 e. The lowest BCUT2D eigenvalue weighted by Gasteiger charge is -2.33. The molecule has 0 spiro atoms. The van der Waals surface area contributed by atoms with Crippen LogP contribution in [0.25, 0.3) is 0 Å². The summed E-state index contributed by atoms with van der Waals surface area (Å²) >= 11 is 0. The van der Waals surface area contributed by atoms with Crippen LogP contribution >= 0.6 is 0 Å². The van der Waals surface area contributed by atoms with E-state index < -0.39 is 8.32 Å². The number of rotatable bonds is 0. The summed E-state index contributed by atoms with van der Waals surface area (Å²) in [5, 5.41) is 0. The fourth-order valence-electron chi connectivity index (χ4n) is 3.62. The third-order valence-electron chi connectivity index (χ3n) is 4.08. The molecule has 1 nitrogen and oxygen atoms in total. The molecule has 0 bridgehead atoms. The molecule has 1 saturated carbocycles. The maximum atomic E-state index is 6.32. The maximum Gasteiger partial charge on any atom is 0.190 e. The number of fused-ring (bicyclic) bond motifs is 1. The molecule has 1 saturated heterocycles. The first kappa shape index (κ1) is 9.72. The first-order valence-corrected chi connectivity index (χ1v) is 8.62. The van der Waals surface area contributed by atoms with Crippen LogP contribution in [0.2, 0.25) is 18.6 Å². The molecule has 2 heteroatoms. The van der Waals surface area contributed by atoms with Crippen molar-refractivity contribution >= 4 is 8.32 Å². The summed E-state index contributed by atoms with van der Waals surface area (Å²) in [6.07, 6.45) is 5.72. The van der Waals surface area contributed by atoms with E-state index in [1.165, 1.54) is 25.7 Å². The molecule has 13 heavy (non-hydrogen) atoms. The molecule has 76 valence electrons. The second-order valence-electron chi connectivity index (χ2n) is 5.81. The van der Waals surface area contributed by atoms with Crippen molar-refractivity contribution in [3.63, 3.8) is 0 Å². The Bertz CT molecular complexity index is 188. The number of hydrogen-bond donors (Lipinski definition) is 0. The highest BCUT2D eigenvalue weighted by Gasteiger charge is 2.55. The summed E-state index contributed by atoms with van der Waals surface area (Å²) in [4.78, 5) is 0. The van der Waals surface area contributed by atoms with Crippen LogP contribution in [-0.4, -0.2) is 13.9 Å². The van der Waals surface area contributed by atoms with Crippen molar-refractivity contribution in [2.75, 3.05) is 0 Å². The Morgan fingerprint density at radius 2 is 1.77 bits per heavy atom. The normalized spacial score (nSPS) is 41.5. The van der Waals surface area contributed by atoms with Crippen LogP contribution in [0, 0.1) is 5.92 Å². The maximum absolute atomic E-state index is 6.32. The van der Waals surface area contributed by atoms with Gasteiger partial charge in [0, 0.05) is 0 Å². The molecule has 2 aliphatic rings. The van der Waals surface area contributed by atoms with Gasteiger partial charge in [-0.15, -0.1) is 0 Å². The summed E-state index contributed by atoms with van der Waals surface area (Å²) in [5.74, 6) is 0.864. The predicted octanol–water partition coefficient (Wildman–Crippen LogP) is 3.56. The van der Waals surface area contributed by atoms with Crippen LogP contribution in [0.4, 0.5) is 0 Å². The van der Waals surface area contributed by atoms with Gasteiger partial charge in [-0.05, 0) is 44.8 Å². The van der Waals surface area contributed by atoms with Gasteiger partial charge in [-0.2, -0.15) is 0 Å². The highest BCUT2D eigenvalue weighted by atomic mass is 28.4. The lowest BCUT2D eigenvalue weighted by Crippen LogP contribution is -2.33. The van der Waals surface area contributed by atoms with Gasteiger partial charge in [-0.1, -0.05) is 19.3 Å². The quantitative estimate of drug-likeness (QED) is 0.541. The minimum atomic E-state index is -1.34. The summed E-state index contributed by atoms with van der Waals surface area (Å²) in [7, 11) is -1.34. The van der Waals surface area contributed by atoms with Crippen LogP contribution in [0.5, 0.6) is 0 Å². The topological polar surface area (TPSA) is 9.23 Å². The lowest BCUT2D eigenvalue weighted by molar-refractivity contribution is 0.0658. The van der Waals surface area contributed by atoms with Crippen molar-refractivity contribution in [3.05, 3.63) is 0 Å². The van der Waals surface area contributed by atoms with Crippen LogP contribution < -0.4 is 0 Å². The molecule has 0 N–H and O–H groups in total. The molecule has 0 aromatic rings. The molecule has 0 aromatic heterocycles. The van der Waals surface area contributed by atoms with E-state index in [1.54, 1.807) is 0 Å². The molecule has 2 rings (SSSR count). The van der Waals surface area contributed by atoms with Gasteiger partial charge < -0.3 is 4.43 Å². The Hall–Kier alpha value is 0.177. The molecule has 1 aliphatic carbocycles. The molecule has 0 radical (unpaired) electrons. The third kappa shape index (κ3) is 1.48. The SMILES string of the molecule is CC1(C)O[Si](C)(C)[C@H]2CCCC[C@@H]21. The Morgan fingerprint density at radius 3 is 2.38 bits per heavy atom. The van der Waals surface area contributed by atoms with E-state index in [1.807, 2.05) is 0 Å². The summed E-state index contributed by atoms with van der Waals surface area (Å²) in [6, 6.07) is 0. The average Bonchev–Trinajstić information content (AvgIpc) is 2.20. The van der Waals surface area contributed by atoms with Gasteiger partial charge >= 0.3 is 0 Å². The van der Waals surface area contributed by atoms with Crippen molar-refractivity contribution in [1.82, 2.24) is 0 Å². The molecule has 2 fully saturated rings. The highest BCUT2D eigenvalue weighted by Crippen LogP contribution is 2.54. The molecular weight excluding hydrogens is 176 g/mol. The first-order chi connectivity index (χ1) is 5.93. The standard InChI is InChI=1S/C11H22OSi/c1-11(2)9-7-5-6-8-10(9)13(3,4)12-11/h9-10H,5-8H2,1-4H3/t9-,10-/m0/s1. The van der Waals surface area contributed by atoms with Gasteiger partial charge in [-0.25, -0.2) is 0 Å². The molecular formula is C11H22OSi. The molecule has 1 heterocycles. The smallest absolute Gasteiger partial charge is 0.190 e. The van der Waals surface area contributed by atoms with E-state index >= 15 is 0 Å². The van der Waals surface area contributed by atoms with E-state index in [9.17, 15) is 0 Å². The van der Waals surface area contributed by atoms with Crippen molar-refractivity contribution in [2.24, 2.45) is 5.92 Å². The van der Waals surface area contributed by atoms with Crippen LogP contribution in [0.15, 0.2) is 0 Å². The third-order valence-corrected chi connectivity index (χ3v) is 7.61. The van der Waals surface area contributed by atoms with Crippen molar-refractivity contribution in [1.29, 1.82) is 0 Å². The second-order valence-corrected chi connectivity index (χ2v) is 9.96. The van der Waals surface area contributed by atoms with Gasteiger partial charge in [-0.3, -0.25) is 0 Å². The first-order valence-electron chi connectivity index (χ1n) is 5.64. The van der Waals surface area contributed by atoms with Crippen molar-refractivity contribution in [3.8, 4) is 0 Å². The zero-order valence-electron chi connectivity index (χ0n) is 9.39. The van der Waals surface area contributed by atoms with E-state index in [0.717, 1.165) is 11.5 Å². The minimum absolute atomic E-state index is 0.181. The monoisotopic (exact) mass is 198 g/mol. The zero-order valence-corrected chi connectivity index (χ0v) is 10.4. The molecule has 0 unspecified atom stereocenters. The fraction of sp³-hybridized carbons (Fsp3) is 1.00. The predicted molar refractivity (Wildman–Crippen MR) is 58.4 cm³/mol. The summed E-state index contributed by atoms with van der Waals surface area (Å²) < 4.78 is 6.32. The lowest BCUT2D eigenvalue weighted by atomic mass is 9.78. The van der Waals surface area contributed by atoms with Crippen LogP contribution in [0.1, 0.15) is 39.5 Å². The Labute approximate surface area is 83.0 Å². The Balaban J connectivity index is 2.25. The van der Waals surface area contributed by atoms with Gasteiger partial charge in [0.15, 0.2) is 8.32 Å². The Morgan fingerprint density at radius 1 is 1.15 bits per heavy atom. The highest BCUT2D eigenvalue weighted by molar-refractivity contribution is 6.73. The van der Waals surface area contributed by atoms with Gasteiger partial charge in [0.05, 0.1) is 5.60 Å². The molecule has 0 aromatic carbocycles. The van der Waals surface area contributed by atoms with Gasteiger partial charge in [0.25, 0.3) is 0 Å². The second kappa shape index (κ2) is 2.83. The zero-order chi connectivity index (χ0) is 9.69. The minimum Gasteiger partial charge on any atom is -0.412 e. The van der Waals surface area contributed by atoms with E-state index in [0.29, 0.717) is 0 Å². The van der Waals surface area contributed by atoms with E-state index in [2.05, 4.69) is 26.9 Å². The van der Waals surface area contributed by atoms with Gasteiger partial charge in [0.1, 0.15) is 0 Å². The summed E-state index contributed by atoms with van der Waals surface area (Å²) in [5.41, 5.74) is 1.12. The Kier molecular flexibility index (Phi) is 2.12. The van der Waals surface area contributed by atoms with Crippen LogP contribution in [-0.2, 0) is 4.43 Å². The molecule has 2 atom stereocenters. The molecule has 0 amide bonds. The van der Waals surface area contributed by atoms with Crippen molar-refractivity contribution < 1.29 is 4.43 Å². The van der Waals surface area contributed by atoms with Crippen molar-refractivity contribution in [2.45, 2.75) is 63.8 Å². The molecule has 1 aliphatic heterocycles. The van der Waals surface area contributed by atoms with E-state index in [4.69, 9.17) is 4.43 Å². The van der Waals surface area contributed by atoms with E-state index in [-0.39, 0.29) is 5.60 Å².